The zero-order chi connectivity index (χ0) is 15.6. The van der Waals surface area contributed by atoms with Crippen LogP contribution in [0, 0.1) is 17.6 Å². The van der Waals surface area contributed by atoms with Gasteiger partial charge in [0, 0.05) is 19.2 Å². The first-order valence-electron chi connectivity index (χ1n) is 7.07. The fourth-order valence-corrected chi connectivity index (χ4v) is 2.64. The monoisotopic (exact) mass is 297 g/mol. The Labute approximate surface area is 123 Å². The first kappa shape index (κ1) is 15.7. The number of amides is 1. The molecule has 1 amide bonds. The molecule has 21 heavy (non-hydrogen) atoms. The lowest BCUT2D eigenvalue weighted by Crippen LogP contribution is -2.38. The van der Waals surface area contributed by atoms with Crippen LogP contribution in [0.5, 0.6) is 0 Å². The van der Waals surface area contributed by atoms with Gasteiger partial charge in [0.05, 0.1) is 0 Å². The summed E-state index contributed by atoms with van der Waals surface area (Å²) < 4.78 is 26.8. The van der Waals surface area contributed by atoms with E-state index in [0.717, 1.165) is 38.1 Å². The normalized spacial score (nSPS) is 17.0. The highest BCUT2D eigenvalue weighted by molar-refractivity contribution is 5.94. The molecule has 116 valence electrons. The van der Waals surface area contributed by atoms with Gasteiger partial charge < -0.3 is 15.5 Å². The largest absolute Gasteiger partial charge is 0.394 e. The van der Waals surface area contributed by atoms with Gasteiger partial charge in [0.25, 0.3) is 5.91 Å². The standard InChI is InChI=1S/C15H21F2N3O/c1-19-5-3-10(4-6-19)9-20(2)15(21)11-7-12(16)14(18)13(17)8-11/h7-8,10H,3-6,9,18H2,1-2H3. The van der Waals surface area contributed by atoms with Crippen molar-refractivity contribution in [1.29, 1.82) is 0 Å². The molecule has 0 unspecified atom stereocenters. The summed E-state index contributed by atoms with van der Waals surface area (Å²) in [6.07, 6.45) is 2.05. The highest BCUT2D eigenvalue weighted by Gasteiger charge is 2.22. The summed E-state index contributed by atoms with van der Waals surface area (Å²) in [7, 11) is 3.73. The van der Waals surface area contributed by atoms with Crippen LogP contribution in [-0.4, -0.2) is 49.4 Å². The Balaban J connectivity index is 2.02. The summed E-state index contributed by atoms with van der Waals surface area (Å²) in [6, 6.07) is 1.98. The molecule has 1 aromatic carbocycles. The molecule has 1 saturated heterocycles. The third kappa shape index (κ3) is 3.69. The van der Waals surface area contributed by atoms with E-state index in [4.69, 9.17) is 5.73 Å². The molecule has 0 atom stereocenters. The Kier molecular flexibility index (Phi) is 4.77. The summed E-state index contributed by atoms with van der Waals surface area (Å²) in [5.74, 6) is -1.75. The summed E-state index contributed by atoms with van der Waals surface area (Å²) in [5, 5.41) is 0. The molecule has 6 heteroatoms. The molecule has 0 spiro atoms. The number of halogens is 2. The lowest BCUT2D eigenvalue weighted by molar-refractivity contribution is 0.0746. The molecule has 1 fully saturated rings. The Morgan fingerprint density at radius 1 is 1.33 bits per heavy atom. The molecule has 0 aromatic heterocycles. The number of nitrogen functional groups attached to an aromatic ring is 1. The van der Waals surface area contributed by atoms with Gasteiger partial charge in [-0.05, 0) is 51.0 Å². The topological polar surface area (TPSA) is 49.6 Å². The number of benzene rings is 1. The number of likely N-dealkylation sites (tertiary alicyclic amines) is 1. The predicted octanol–water partition coefficient (Wildman–Crippen LogP) is 1.96. The quantitative estimate of drug-likeness (QED) is 0.868. The number of hydrogen-bond donors (Lipinski definition) is 1. The Bertz CT molecular complexity index is 505. The third-order valence-electron chi connectivity index (χ3n) is 4.04. The van der Waals surface area contributed by atoms with E-state index in [1.54, 1.807) is 7.05 Å². The number of piperidine rings is 1. The number of nitrogens with zero attached hydrogens (tertiary/aromatic N) is 2. The highest BCUT2D eigenvalue weighted by atomic mass is 19.1. The highest BCUT2D eigenvalue weighted by Crippen LogP contribution is 2.20. The van der Waals surface area contributed by atoms with Gasteiger partial charge >= 0.3 is 0 Å². The van der Waals surface area contributed by atoms with Crippen LogP contribution in [0.2, 0.25) is 0 Å². The van der Waals surface area contributed by atoms with Crippen molar-refractivity contribution >= 4 is 11.6 Å². The fraction of sp³-hybridized carbons (Fsp3) is 0.533. The van der Waals surface area contributed by atoms with Crippen LogP contribution in [0.15, 0.2) is 12.1 Å². The Hall–Kier alpha value is -1.69. The SMILES string of the molecule is CN1CCC(CN(C)C(=O)c2cc(F)c(N)c(F)c2)CC1. The number of nitrogens with two attached hydrogens (primary N) is 1. The molecular formula is C15H21F2N3O. The van der Waals surface area contributed by atoms with Crippen molar-refractivity contribution in [2.24, 2.45) is 5.92 Å². The van der Waals surface area contributed by atoms with Gasteiger partial charge in [0.1, 0.15) is 17.3 Å². The zero-order valence-corrected chi connectivity index (χ0v) is 12.4. The molecule has 2 N–H and O–H groups in total. The van der Waals surface area contributed by atoms with Gasteiger partial charge in [-0.2, -0.15) is 0 Å². The smallest absolute Gasteiger partial charge is 0.253 e. The van der Waals surface area contributed by atoms with Crippen LogP contribution < -0.4 is 5.73 Å². The molecule has 4 nitrogen and oxygen atoms in total. The van der Waals surface area contributed by atoms with E-state index in [1.807, 2.05) is 0 Å². The Morgan fingerprint density at radius 2 is 1.86 bits per heavy atom. The second-order valence-corrected chi connectivity index (χ2v) is 5.79. The van der Waals surface area contributed by atoms with Crippen molar-refractivity contribution < 1.29 is 13.6 Å². The molecule has 1 heterocycles. The minimum atomic E-state index is -0.897. The zero-order valence-electron chi connectivity index (χ0n) is 12.4. The van der Waals surface area contributed by atoms with E-state index in [1.165, 1.54) is 4.90 Å². The second-order valence-electron chi connectivity index (χ2n) is 5.79. The Morgan fingerprint density at radius 3 is 2.38 bits per heavy atom. The summed E-state index contributed by atoms with van der Waals surface area (Å²) >= 11 is 0. The number of hydrogen-bond acceptors (Lipinski definition) is 3. The molecular weight excluding hydrogens is 276 g/mol. The third-order valence-corrected chi connectivity index (χ3v) is 4.04. The minimum absolute atomic E-state index is 0.00497. The molecule has 0 bridgehead atoms. The number of rotatable bonds is 3. The minimum Gasteiger partial charge on any atom is -0.394 e. The molecule has 0 aliphatic carbocycles. The molecule has 1 aliphatic rings. The van der Waals surface area contributed by atoms with E-state index in [9.17, 15) is 13.6 Å². The van der Waals surface area contributed by atoms with E-state index >= 15 is 0 Å². The van der Waals surface area contributed by atoms with Crippen molar-refractivity contribution in [3.8, 4) is 0 Å². The average Bonchev–Trinajstić information content (AvgIpc) is 2.45. The van der Waals surface area contributed by atoms with E-state index in [2.05, 4.69) is 11.9 Å². The molecule has 0 radical (unpaired) electrons. The number of carbonyl (C=O) groups excluding carboxylic acids is 1. The average molecular weight is 297 g/mol. The van der Waals surface area contributed by atoms with Gasteiger partial charge in [0.2, 0.25) is 0 Å². The molecule has 1 aliphatic heterocycles. The maximum Gasteiger partial charge on any atom is 0.253 e. The van der Waals surface area contributed by atoms with Crippen LogP contribution in [0.3, 0.4) is 0 Å². The van der Waals surface area contributed by atoms with Gasteiger partial charge in [-0.15, -0.1) is 0 Å². The van der Waals surface area contributed by atoms with E-state index < -0.39 is 17.3 Å². The van der Waals surface area contributed by atoms with E-state index in [0.29, 0.717) is 12.5 Å². The van der Waals surface area contributed by atoms with Crippen molar-refractivity contribution in [2.45, 2.75) is 12.8 Å². The molecule has 0 saturated carbocycles. The molecule has 2 rings (SSSR count). The maximum atomic E-state index is 13.4. The fourth-order valence-electron chi connectivity index (χ4n) is 2.64. The van der Waals surface area contributed by atoms with Crippen molar-refractivity contribution in [3.05, 3.63) is 29.3 Å². The van der Waals surface area contributed by atoms with Crippen LogP contribution in [0.25, 0.3) is 0 Å². The summed E-state index contributed by atoms with van der Waals surface area (Å²) in [4.78, 5) is 16.0. The van der Waals surface area contributed by atoms with Crippen LogP contribution >= 0.6 is 0 Å². The van der Waals surface area contributed by atoms with Crippen molar-refractivity contribution in [3.63, 3.8) is 0 Å². The van der Waals surface area contributed by atoms with Gasteiger partial charge in [0.15, 0.2) is 0 Å². The van der Waals surface area contributed by atoms with Crippen molar-refractivity contribution in [1.82, 2.24) is 9.80 Å². The lowest BCUT2D eigenvalue weighted by Gasteiger charge is -2.31. The molecule has 1 aromatic rings. The number of carbonyl (C=O) groups is 1. The maximum absolute atomic E-state index is 13.4. The van der Waals surface area contributed by atoms with E-state index in [-0.39, 0.29) is 11.5 Å². The van der Waals surface area contributed by atoms with Crippen LogP contribution in [-0.2, 0) is 0 Å². The lowest BCUT2D eigenvalue weighted by atomic mass is 9.96. The van der Waals surface area contributed by atoms with Crippen LogP contribution in [0.1, 0.15) is 23.2 Å². The first-order chi connectivity index (χ1) is 9.88. The first-order valence-corrected chi connectivity index (χ1v) is 7.07. The predicted molar refractivity (Wildman–Crippen MR) is 78.0 cm³/mol. The van der Waals surface area contributed by atoms with Crippen LogP contribution in [0.4, 0.5) is 14.5 Å². The number of anilines is 1. The van der Waals surface area contributed by atoms with Crippen molar-refractivity contribution in [2.75, 3.05) is 39.5 Å². The second kappa shape index (κ2) is 6.39. The van der Waals surface area contributed by atoms with Gasteiger partial charge in [-0.1, -0.05) is 0 Å². The summed E-state index contributed by atoms with van der Waals surface area (Å²) in [5.41, 5.74) is 4.65. The summed E-state index contributed by atoms with van der Waals surface area (Å²) in [6.45, 7) is 2.62. The van der Waals surface area contributed by atoms with Gasteiger partial charge in [-0.25, -0.2) is 8.78 Å². The van der Waals surface area contributed by atoms with Gasteiger partial charge in [-0.3, -0.25) is 4.79 Å².